The molecule has 0 saturated heterocycles. The summed E-state index contributed by atoms with van der Waals surface area (Å²) in [5.74, 6) is 0. The molecule has 0 amide bonds. The molecule has 0 saturated carbocycles. The summed E-state index contributed by atoms with van der Waals surface area (Å²) in [6, 6.07) is 36.6. The van der Waals surface area contributed by atoms with Gasteiger partial charge < -0.3 is 0 Å². The lowest BCUT2D eigenvalue weighted by atomic mass is 9.91. The van der Waals surface area contributed by atoms with E-state index < -0.39 is 0 Å². The van der Waals surface area contributed by atoms with Gasteiger partial charge in [0.15, 0.2) is 0 Å². The molecule has 0 atom stereocenters. The average Bonchev–Trinajstić information content (AvgIpc) is 3.07. The number of pyridine rings is 4. The van der Waals surface area contributed by atoms with E-state index in [1.807, 2.05) is 43.1 Å². The van der Waals surface area contributed by atoms with Gasteiger partial charge in [0.2, 0.25) is 0 Å². The van der Waals surface area contributed by atoms with Gasteiger partial charge in [-0.05, 0) is 63.2 Å². The summed E-state index contributed by atoms with van der Waals surface area (Å²) >= 11 is 0. The Hall–Kier alpha value is -5.74. The van der Waals surface area contributed by atoms with Crippen LogP contribution in [0.1, 0.15) is 0 Å². The summed E-state index contributed by atoms with van der Waals surface area (Å²) < 4.78 is 0. The monoisotopic (exact) mass is 534 g/mol. The van der Waals surface area contributed by atoms with Crippen LogP contribution < -0.4 is 0 Å². The fourth-order valence-corrected chi connectivity index (χ4v) is 6.43. The summed E-state index contributed by atoms with van der Waals surface area (Å²) in [6.07, 6.45) is 9.57. The molecule has 9 rings (SSSR count). The van der Waals surface area contributed by atoms with Gasteiger partial charge in [0.05, 0.1) is 16.6 Å². The van der Waals surface area contributed by atoms with Gasteiger partial charge in [0.1, 0.15) is 0 Å². The number of hydrogen-bond acceptors (Lipinski definition) is 4. The zero-order chi connectivity index (χ0) is 27.6. The summed E-state index contributed by atoms with van der Waals surface area (Å²) in [5.41, 5.74) is 7.35. The van der Waals surface area contributed by atoms with Gasteiger partial charge in [0.25, 0.3) is 0 Å². The molecule has 5 aromatic carbocycles. The minimum absolute atomic E-state index is 0.905. The Morgan fingerprint density at radius 1 is 0.405 bits per heavy atom. The van der Waals surface area contributed by atoms with Crippen LogP contribution in [0.4, 0.5) is 0 Å². The van der Waals surface area contributed by atoms with E-state index in [1.54, 1.807) is 0 Å². The Morgan fingerprint density at radius 3 is 2.12 bits per heavy atom. The molecule has 42 heavy (non-hydrogen) atoms. The molecular weight excluding hydrogens is 512 g/mol. The van der Waals surface area contributed by atoms with Crippen molar-refractivity contribution in [2.24, 2.45) is 0 Å². The molecule has 0 N–H and O–H groups in total. The van der Waals surface area contributed by atoms with Crippen molar-refractivity contribution in [2.45, 2.75) is 0 Å². The minimum Gasteiger partial charge on any atom is -0.263 e. The largest absolute Gasteiger partial charge is 0.263 e. The third kappa shape index (κ3) is 3.42. The van der Waals surface area contributed by atoms with Gasteiger partial charge in [-0.2, -0.15) is 0 Å². The Balaban J connectivity index is 1.26. The van der Waals surface area contributed by atoms with Crippen LogP contribution in [-0.2, 0) is 0 Å². The lowest BCUT2D eigenvalue weighted by Crippen LogP contribution is -1.91. The van der Waals surface area contributed by atoms with Gasteiger partial charge in [-0.3, -0.25) is 19.9 Å². The summed E-state index contributed by atoms with van der Waals surface area (Å²) in [5, 5.41) is 10.4. The number of hydrogen-bond donors (Lipinski definition) is 0. The number of nitrogens with zero attached hydrogens (tertiary/aromatic N) is 4. The van der Waals surface area contributed by atoms with Crippen LogP contribution in [0.2, 0.25) is 0 Å². The number of benzene rings is 5. The molecule has 0 aliphatic heterocycles. The maximum atomic E-state index is 4.77. The number of aromatic nitrogens is 4. The first-order chi connectivity index (χ1) is 20.8. The highest BCUT2D eigenvalue weighted by Gasteiger charge is 2.15. The molecule has 0 aliphatic carbocycles. The molecule has 0 bridgehead atoms. The van der Waals surface area contributed by atoms with Gasteiger partial charge in [0, 0.05) is 68.9 Å². The standard InChI is InChI=1S/C38H22N4/c1-2-7-29-27(5-1)21-42-35-19-24(12-14-31(29)35)23-11-13-30-25(17-23)9-10-28-20-39-22-34(36(28)30)33-18-26-6-3-15-40-37(26)38-32(33)8-4-16-41-38/h1-22H. The van der Waals surface area contributed by atoms with Crippen LogP contribution in [0, 0.1) is 0 Å². The van der Waals surface area contributed by atoms with Crippen molar-refractivity contribution in [1.82, 2.24) is 19.9 Å². The van der Waals surface area contributed by atoms with Gasteiger partial charge >= 0.3 is 0 Å². The Labute approximate surface area is 241 Å². The highest BCUT2D eigenvalue weighted by molar-refractivity contribution is 6.19. The van der Waals surface area contributed by atoms with Crippen molar-refractivity contribution in [2.75, 3.05) is 0 Å². The normalized spacial score (nSPS) is 11.8. The highest BCUT2D eigenvalue weighted by atomic mass is 14.7. The van der Waals surface area contributed by atoms with E-state index in [9.17, 15) is 0 Å². The third-order valence-corrected chi connectivity index (χ3v) is 8.41. The molecule has 9 aromatic rings. The second-order valence-corrected chi connectivity index (χ2v) is 10.8. The molecular formula is C38H22N4. The number of rotatable bonds is 2. The molecule has 194 valence electrons. The first kappa shape index (κ1) is 23.0. The number of fused-ring (bicyclic) bond motifs is 9. The van der Waals surface area contributed by atoms with E-state index in [1.165, 1.54) is 32.5 Å². The molecule has 4 nitrogen and oxygen atoms in total. The van der Waals surface area contributed by atoms with E-state index >= 15 is 0 Å². The van der Waals surface area contributed by atoms with Crippen molar-refractivity contribution in [1.29, 1.82) is 0 Å². The molecule has 0 unspecified atom stereocenters. The van der Waals surface area contributed by atoms with E-state index in [0.29, 0.717) is 0 Å². The van der Waals surface area contributed by atoms with Crippen LogP contribution in [-0.4, -0.2) is 19.9 Å². The molecule has 0 radical (unpaired) electrons. The van der Waals surface area contributed by atoms with Crippen molar-refractivity contribution in [3.05, 3.63) is 134 Å². The Bertz CT molecular complexity index is 2530. The molecule has 0 spiro atoms. The maximum Gasteiger partial charge on any atom is 0.0970 e. The predicted octanol–water partition coefficient (Wildman–Crippen LogP) is 9.52. The lowest BCUT2D eigenvalue weighted by Gasteiger charge is -2.14. The highest BCUT2D eigenvalue weighted by Crippen LogP contribution is 2.40. The van der Waals surface area contributed by atoms with Crippen molar-refractivity contribution < 1.29 is 0 Å². The second kappa shape index (κ2) is 8.88. The van der Waals surface area contributed by atoms with Crippen molar-refractivity contribution in [3.63, 3.8) is 0 Å². The summed E-state index contributed by atoms with van der Waals surface area (Å²) in [4.78, 5) is 18.8. The fraction of sp³-hybridized carbons (Fsp3) is 0. The smallest absolute Gasteiger partial charge is 0.0970 e. The topological polar surface area (TPSA) is 51.6 Å². The average molecular weight is 535 g/mol. The van der Waals surface area contributed by atoms with Gasteiger partial charge in [-0.25, -0.2) is 0 Å². The fourth-order valence-electron chi connectivity index (χ4n) is 6.43. The van der Waals surface area contributed by atoms with Crippen molar-refractivity contribution in [3.8, 4) is 22.3 Å². The maximum absolute atomic E-state index is 4.77. The third-order valence-electron chi connectivity index (χ3n) is 8.41. The molecule has 4 heterocycles. The molecule has 0 fully saturated rings. The Kier molecular flexibility index (Phi) is 4.87. The first-order valence-electron chi connectivity index (χ1n) is 14.0. The molecule has 0 aliphatic rings. The first-order valence-corrected chi connectivity index (χ1v) is 14.0. The van der Waals surface area contributed by atoms with Crippen molar-refractivity contribution >= 4 is 65.0 Å². The van der Waals surface area contributed by atoms with E-state index in [4.69, 9.17) is 9.97 Å². The molecule has 4 aromatic heterocycles. The van der Waals surface area contributed by atoms with Crippen LogP contribution in [0.3, 0.4) is 0 Å². The van der Waals surface area contributed by atoms with E-state index in [-0.39, 0.29) is 0 Å². The van der Waals surface area contributed by atoms with E-state index in [2.05, 4.69) is 101 Å². The van der Waals surface area contributed by atoms with Gasteiger partial charge in [-0.15, -0.1) is 0 Å². The second-order valence-electron chi connectivity index (χ2n) is 10.8. The van der Waals surface area contributed by atoms with Crippen LogP contribution in [0.5, 0.6) is 0 Å². The Morgan fingerprint density at radius 2 is 1.17 bits per heavy atom. The van der Waals surface area contributed by atoms with Crippen LogP contribution in [0.25, 0.3) is 87.3 Å². The van der Waals surface area contributed by atoms with E-state index in [0.717, 1.165) is 54.8 Å². The quantitative estimate of drug-likeness (QED) is 0.207. The van der Waals surface area contributed by atoms with Crippen LogP contribution >= 0.6 is 0 Å². The van der Waals surface area contributed by atoms with Crippen LogP contribution in [0.15, 0.2) is 134 Å². The zero-order valence-corrected chi connectivity index (χ0v) is 22.5. The summed E-state index contributed by atoms with van der Waals surface area (Å²) in [7, 11) is 0. The van der Waals surface area contributed by atoms with Gasteiger partial charge in [-0.1, -0.05) is 72.8 Å². The summed E-state index contributed by atoms with van der Waals surface area (Å²) in [6.45, 7) is 0. The lowest BCUT2D eigenvalue weighted by molar-refractivity contribution is 1.36. The predicted molar refractivity (Wildman–Crippen MR) is 174 cm³/mol. The SMILES string of the molecule is c1ccc2c(c1)cnc1cc(-c3ccc4c(ccc5cncc(-c6cc7cccnc7c7ncccc67)c54)c3)ccc12. The molecule has 4 heteroatoms. The zero-order valence-electron chi connectivity index (χ0n) is 22.5. The minimum atomic E-state index is 0.905.